The molecule has 1 aromatic rings. The van der Waals surface area contributed by atoms with Gasteiger partial charge in [0.25, 0.3) is 0 Å². The molecule has 0 aliphatic heterocycles. The Morgan fingerprint density at radius 1 is 1.40 bits per heavy atom. The van der Waals surface area contributed by atoms with Crippen LogP contribution in [0.4, 0.5) is 0 Å². The molecule has 1 rings (SSSR count). The van der Waals surface area contributed by atoms with Crippen LogP contribution in [0, 0.1) is 0 Å². The maximum atomic E-state index is 9.15. The maximum absolute atomic E-state index is 9.15. The van der Waals surface area contributed by atoms with Crippen molar-refractivity contribution in [1.29, 1.82) is 0 Å². The van der Waals surface area contributed by atoms with Gasteiger partial charge in [0.2, 0.25) is 0 Å². The highest BCUT2D eigenvalue weighted by Gasteiger charge is 1.91. The highest BCUT2D eigenvalue weighted by atomic mass is 16.3. The third-order valence-electron chi connectivity index (χ3n) is 1.20. The second-order valence-electron chi connectivity index (χ2n) is 1.95. The average molecular weight is 135 g/mol. The quantitative estimate of drug-likeness (QED) is 0.580. The summed E-state index contributed by atoms with van der Waals surface area (Å²) in [6.45, 7) is 0. The van der Waals surface area contributed by atoms with E-state index in [0.29, 0.717) is 0 Å². The van der Waals surface area contributed by atoms with Gasteiger partial charge >= 0.3 is 0 Å². The van der Waals surface area contributed by atoms with Crippen molar-refractivity contribution in [3.05, 3.63) is 29.8 Å². The van der Waals surface area contributed by atoms with Crippen molar-refractivity contribution in [1.82, 2.24) is 0 Å². The standard InChI is InChI=1S/C8H9NO/c1-9-6-7-4-2-3-5-8(7)10/h2-6,10H,1H3/b9-6+. The zero-order valence-electron chi connectivity index (χ0n) is 5.78. The second kappa shape index (κ2) is 3.01. The van der Waals surface area contributed by atoms with E-state index in [1.54, 1.807) is 25.4 Å². The lowest BCUT2D eigenvalue weighted by Crippen LogP contribution is -1.79. The molecule has 52 valence electrons. The van der Waals surface area contributed by atoms with E-state index >= 15 is 0 Å². The Hall–Kier alpha value is -1.31. The molecule has 0 aromatic heterocycles. The Labute approximate surface area is 59.9 Å². The van der Waals surface area contributed by atoms with Gasteiger partial charge in [-0.25, -0.2) is 0 Å². The number of hydrogen-bond acceptors (Lipinski definition) is 2. The van der Waals surface area contributed by atoms with Gasteiger partial charge in [-0.15, -0.1) is 0 Å². The van der Waals surface area contributed by atoms with Gasteiger partial charge in [0.15, 0.2) is 0 Å². The molecule has 0 unspecified atom stereocenters. The minimum Gasteiger partial charge on any atom is -0.507 e. The van der Waals surface area contributed by atoms with Crippen molar-refractivity contribution in [3.8, 4) is 5.75 Å². The highest BCUT2D eigenvalue weighted by Crippen LogP contribution is 2.12. The van der Waals surface area contributed by atoms with Crippen LogP contribution in [0.1, 0.15) is 5.56 Å². The molecule has 0 saturated carbocycles. The van der Waals surface area contributed by atoms with E-state index in [4.69, 9.17) is 5.11 Å². The average Bonchev–Trinajstić information content (AvgIpc) is 1.94. The molecule has 0 atom stereocenters. The van der Waals surface area contributed by atoms with Crippen LogP contribution in [-0.2, 0) is 0 Å². The zero-order chi connectivity index (χ0) is 7.40. The lowest BCUT2D eigenvalue weighted by atomic mass is 10.2. The monoisotopic (exact) mass is 135 g/mol. The van der Waals surface area contributed by atoms with E-state index in [9.17, 15) is 0 Å². The van der Waals surface area contributed by atoms with E-state index in [2.05, 4.69) is 4.99 Å². The predicted octanol–water partition coefficient (Wildman–Crippen LogP) is 1.44. The van der Waals surface area contributed by atoms with Crippen molar-refractivity contribution in [3.63, 3.8) is 0 Å². The van der Waals surface area contributed by atoms with Crippen molar-refractivity contribution in [2.75, 3.05) is 7.05 Å². The minimum absolute atomic E-state index is 0.271. The maximum Gasteiger partial charge on any atom is 0.124 e. The summed E-state index contributed by atoms with van der Waals surface area (Å²) in [5.74, 6) is 0.271. The molecule has 0 aliphatic rings. The lowest BCUT2D eigenvalue weighted by Gasteiger charge is -1.94. The van der Waals surface area contributed by atoms with Gasteiger partial charge < -0.3 is 5.11 Å². The molecule has 0 bridgehead atoms. The molecule has 0 radical (unpaired) electrons. The smallest absolute Gasteiger partial charge is 0.124 e. The Kier molecular flexibility index (Phi) is 2.05. The first kappa shape index (κ1) is 6.81. The zero-order valence-corrected chi connectivity index (χ0v) is 5.78. The van der Waals surface area contributed by atoms with Gasteiger partial charge in [0, 0.05) is 18.8 Å². The van der Waals surface area contributed by atoms with Crippen molar-refractivity contribution in [2.45, 2.75) is 0 Å². The van der Waals surface area contributed by atoms with E-state index in [1.165, 1.54) is 0 Å². The number of rotatable bonds is 1. The summed E-state index contributed by atoms with van der Waals surface area (Å²) in [5, 5.41) is 9.15. The lowest BCUT2D eigenvalue weighted by molar-refractivity contribution is 0.474. The van der Waals surface area contributed by atoms with Gasteiger partial charge in [0.1, 0.15) is 5.75 Å². The summed E-state index contributed by atoms with van der Waals surface area (Å²) >= 11 is 0. The van der Waals surface area contributed by atoms with Crippen LogP contribution >= 0.6 is 0 Å². The molecule has 2 nitrogen and oxygen atoms in total. The molecule has 0 amide bonds. The second-order valence-corrected chi connectivity index (χ2v) is 1.95. The molecule has 0 saturated heterocycles. The fourth-order valence-corrected chi connectivity index (χ4v) is 0.736. The van der Waals surface area contributed by atoms with Crippen LogP contribution in [-0.4, -0.2) is 18.4 Å². The van der Waals surface area contributed by atoms with E-state index < -0.39 is 0 Å². The molecule has 1 N–H and O–H groups in total. The number of phenolic OH excluding ortho intramolecular Hbond substituents is 1. The fraction of sp³-hybridized carbons (Fsp3) is 0.125. The third kappa shape index (κ3) is 1.35. The van der Waals surface area contributed by atoms with E-state index in [0.717, 1.165) is 5.56 Å². The van der Waals surface area contributed by atoms with Gasteiger partial charge in [-0.3, -0.25) is 4.99 Å². The fourth-order valence-electron chi connectivity index (χ4n) is 0.736. The predicted molar refractivity (Wildman–Crippen MR) is 41.6 cm³/mol. The Balaban J connectivity index is 3.03. The molecule has 0 aliphatic carbocycles. The molecule has 0 spiro atoms. The van der Waals surface area contributed by atoms with Gasteiger partial charge in [-0.2, -0.15) is 0 Å². The van der Waals surface area contributed by atoms with Crippen LogP contribution in [0.25, 0.3) is 0 Å². The van der Waals surface area contributed by atoms with E-state index in [1.807, 2.05) is 12.1 Å². The van der Waals surface area contributed by atoms with Gasteiger partial charge in [0.05, 0.1) is 0 Å². The number of benzene rings is 1. The van der Waals surface area contributed by atoms with Crippen LogP contribution in [0.2, 0.25) is 0 Å². The van der Waals surface area contributed by atoms with Gasteiger partial charge in [-0.1, -0.05) is 12.1 Å². The van der Waals surface area contributed by atoms with Crippen LogP contribution < -0.4 is 0 Å². The van der Waals surface area contributed by atoms with Crippen molar-refractivity contribution in [2.24, 2.45) is 4.99 Å². The Bertz CT molecular complexity index is 243. The first-order valence-corrected chi connectivity index (χ1v) is 3.05. The number of para-hydroxylation sites is 1. The summed E-state index contributed by atoms with van der Waals surface area (Å²) in [6, 6.07) is 7.08. The molecule has 2 heteroatoms. The number of nitrogens with zero attached hydrogens (tertiary/aromatic N) is 1. The summed E-state index contributed by atoms with van der Waals surface area (Å²) in [5.41, 5.74) is 0.755. The first-order valence-electron chi connectivity index (χ1n) is 3.05. The van der Waals surface area contributed by atoms with Crippen LogP contribution in [0.3, 0.4) is 0 Å². The largest absolute Gasteiger partial charge is 0.507 e. The summed E-state index contributed by atoms with van der Waals surface area (Å²) in [6.07, 6.45) is 1.62. The summed E-state index contributed by atoms with van der Waals surface area (Å²) in [7, 11) is 1.67. The summed E-state index contributed by atoms with van der Waals surface area (Å²) < 4.78 is 0. The molecular weight excluding hydrogens is 126 g/mol. The third-order valence-corrected chi connectivity index (χ3v) is 1.20. The van der Waals surface area contributed by atoms with Crippen molar-refractivity contribution < 1.29 is 5.11 Å². The molecule has 1 aromatic carbocycles. The molecular formula is C8H9NO. The highest BCUT2D eigenvalue weighted by molar-refractivity contribution is 5.82. The van der Waals surface area contributed by atoms with Crippen LogP contribution in [0.5, 0.6) is 5.75 Å². The number of phenols is 1. The topological polar surface area (TPSA) is 32.6 Å². The molecule has 10 heavy (non-hydrogen) atoms. The minimum atomic E-state index is 0.271. The number of aliphatic imine (C=N–C) groups is 1. The normalized spacial score (nSPS) is 10.5. The van der Waals surface area contributed by atoms with Crippen molar-refractivity contribution >= 4 is 6.21 Å². The SMILES string of the molecule is C/N=C/c1ccccc1O. The molecule has 0 heterocycles. The number of hydrogen-bond donors (Lipinski definition) is 1. The summed E-state index contributed by atoms with van der Waals surface area (Å²) in [4.78, 5) is 3.78. The molecule has 0 fully saturated rings. The Morgan fingerprint density at radius 3 is 2.70 bits per heavy atom. The first-order chi connectivity index (χ1) is 4.84. The van der Waals surface area contributed by atoms with E-state index in [-0.39, 0.29) is 5.75 Å². The Morgan fingerprint density at radius 2 is 2.10 bits per heavy atom. The van der Waals surface area contributed by atoms with Gasteiger partial charge in [-0.05, 0) is 12.1 Å². The van der Waals surface area contributed by atoms with Crippen LogP contribution in [0.15, 0.2) is 29.3 Å². The number of aromatic hydroxyl groups is 1.